The van der Waals surface area contributed by atoms with E-state index in [1.807, 2.05) is 0 Å². The van der Waals surface area contributed by atoms with Crippen LogP contribution in [0.3, 0.4) is 0 Å². The highest BCUT2D eigenvalue weighted by Gasteiger charge is 2.19. The number of hydrogen-bond donors (Lipinski definition) is 2. The summed E-state index contributed by atoms with van der Waals surface area (Å²) < 4.78 is 0. The minimum atomic E-state index is -0.263. The van der Waals surface area contributed by atoms with Crippen LogP contribution in [0.15, 0.2) is 24.3 Å². The zero-order valence-electron chi connectivity index (χ0n) is 13.0. The number of carbonyl (C=O) groups excluding carboxylic acids is 2. The van der Waals surface area contributed by atoms with Gasteiger partial charge < -0.3 is 10.2 Å². The second kappa shape index (κ2) is 5.64. The van der Waals surface area contributed by atoms with Crippen LogP contribution in [-0.4, -0.2) is 21.8 Å². The Hall–Kier alpha value is -2.62. The van der Waals surface area contributed by atoms with Gasteiger partial charge in [-0.05, 0) is 63.1 Å². The lowest BCUT2D eigenvalue weighted by Gasteiger charge is -2.14. The first-order valence-electron chi connectivity index (χ1n) is 6.91. The molecule has 0 fully saturated rings. The van der Waals surface area contributed by atoms with Gasteiger partial charge in [0.1, 0.15) is 11.5 Å². The van der Waals surface area contributed by atoms with Gasteiger partial charge in [-0.1, -0.05) is 0 Å². The molecule has 0 aliphatic rings. The first kappa shape index (κ1) is 15.8. The normalized spacial score (nSPS) is 10.5. The summed E-state index contributed by atoms with van der Waals surface area (Å²) in [6.07, 6.45) is 0. The van der Waals surface area contributed by atoms with E-state index < -0.39 is 0 Å². The number of hydrogen-bond acceptors (Lipinski definition) is 4. The van der Waals surface area contributed by atoms with Crippen molar-refractivity contribution in [2.45, 2.75) is 27.7 Å². The molecular formula is C18H18O4. The maximum absolute atomic E-state index is 11.7. The zero-order chi connectivity index (χ0) is 16.6. The molecule has 2 aromatic rings. The Morgan fingerprint density at radius 2 is 1.05 bits per heavy atom. The Balaban J connectivity index is 2.83. The third kappa shape index (κ3) is 2.72. The summed E-state index contributed by atoms with van der Waals surface area (Å²) in [5.41, 5.74) is 2.63. The minimum absolute atomic E-state index is 0.187. The molecule has 0 aliphatic heterocycles. The van der Waals surface area contributed by atoms with Crippen LogP contribution in [0.5, 0.6) is 11.5 Å². The van der Waals surface area contributed by atoms with Crippen LogP contribution in [0.25, 0.3) is 11.1 Å². The van der Waals surface area contributed by atoms with E-state index in [1.54, 1.807) is 38.1 Å². The molecule has 2 N–H and O–H groups in total. The minimum Gasteiger partial charge on any atom is -0.507 e. The molecule has 4 nitrogen and oxygen atoms in total. The van der Waals surface area contributed by atoms with Crippen LogP contribution >= 0.6 is 0 Å². The highest BCUT2D eigenvalue weighted by atomic mass is 16.3. The number of rotatable bonds is 3. The van der Waals surface area contributed by atoms with Gasteiger partial charge in [0, 0.05) is 11.1 Å². The van der Waals surface area contributed by atoms with Gasteiger partial charge in [0.2, 0.25) is 0 Å². The van der Waals surface area contributed by atoms with Crippen LogP contribution < -0.4 is 0 Å². The molecule has 114 valence electrons. The van der Waals surface area contributed by atoms with Crippen molar-refractivity contribution in [2.75, 3.05) is 0 Å². The number of carbonyl (C=O) groups is 2. The molecule has 0 unspecified atom stereocenters. The molecule has 0 spiro atoms. The molecule has 0 amide bonds. The maximum Gasteiger partial charge on any atom is 0.163 e. The first-order chi connectivity index (χ1) is 10.2. The van der Waals surface area contributed by atoms with Gasteiger partial charge in [-0.2, -0.15) is 0 Å². The fourth-order valence-electron chi connectivity index (χ4n) is 2.50. The molecule has 0 heterocycles. The quantitative estimate of drug-likeness (QED) is 0.845. The summed E-state index contributed by atoms with van der Waals surface area (Å²) in [4.78, 5) is 23.3. The summed E-state index contributed by atoms with van der Waals surface area (Å²) in [5, 5.41) is 20.7. The first-order valence-corrected chi connectivity index (χ1v) is 6.91. The number of benzene rings is 2. The van der Waals surface area contributed by atoms with Crippen molar-refractivity contribution >= 4 is 11.6 Å². The zero-order valence-corrected chi connectivity index (χ0v) is 13.0. The standard InChI is InChI=1S/C18H18O4/c1-9-5-13(11(3)19)17(21)15(7-9)16-8-10(2)6-14(12(4)20)18(16)22/h5-8,21-22H,1-4H3. The summed E-state index contributed by atoms with van der Waals surface area (Å²) in [6, 6.07) is 6.56. The second-order valence-corrected chi connectivity index (χ2v) is 5.53. The summed E-state index contributed by atoms with van der Waals surface area (Å²) in [6.45, 7) is 6.34. The van der Waals surface area contributed by atoms with Crippen molar-refractivity contribution in [1.82, 2.24) is 0 Å². The topological polar surface area (TPSA) is 74.6 Å². The van der Waals surface area contributed by atoms with E-state index in [0.29, 0.717) is 11.1 Å². The molecule has 2 rings (SSSR count). The van der Waals surface area contributed by atoms with E-state index >= 15 is 0 Å². The fraction of sp³-hybridized carbons (Fsp3) is 0.222. The molecule has 0 aliphatic carbocycles. The maximum atomic E-state index is 11.7. The van der Waals surface area contributed by atoms with E-state index in [1.165, 1.54) is 13.8 Å². The van der Waals surface area contributed by atoms with Gasteiger partial charge in [0.05, 0.1) is 11.1 Å². The molecule has 4 heteroatoms. The van der Waals surface area contributed by atoms with Crippen LogP contribution in [0.1, 0.15) is 45.7 Å². The Morgan fingerprint density at radius 1 is 0.727 bits per heavy atom. The summed E-state index contributed by atoms with van der Waals surface area (Å²) >= 11 is 0. The Labute approximate surface area is 129 Å². The van der Waals surface area contributed by atoms with E-state index in [0.717, 1.165) is 11.1 Å². The number of aryl methyl sites for hydroxylation is 2. The van der Waals surface area contributed by atoms with Gasteiger partial charge in [-0.15, -0.1) is 0 Å². The van der Waals surface area contributed by atoms with Gasteiger partial charge in [0.15, 0.2) is 11.6 Å². The van der Waals surface area contributed by atoms with Crippen molar-refractivity contribution < 1.29 is 19.8 Å². The van der Waals surface area contributed by atoms with Gasteiger partial charge in [-0.3, -0.25) is 9.59 Å². The van der Waals surface area contributed by atoms with E-state index in [4.69, 9.17) is 0 Å². The number of Topliss-reactive ketones (excluding diaryl/α,β-unsaturated/α-hetero) is 2. The molecule has 0 atom stereocenters. The van der Waals surface area contributed by atoms with Crippen molar-refractivity contribution in [1.29, 1.82) is 0 Å². The molecule has 0 aromatic heterocycles. The SMILES string of the molecule is CC(=O)c1cc(C)cc(-c2cc(C)cc(C(C)=O)c2O)c1O. The molecule has 0 bridgehead atoms. The lowest BCUT2D eigenvalue weighted by atomic mass is 9.93. The van der Waals surface area contributed by atoms with Crippen LogP contribution in [0, 0.1) is 13.8 Å². The third-order valence-corrected chi connectivity index (χ3v) is 3.56. The predicted molar refractivity (Wildman–Crippen MR) is 84.7 cm³/mol. The lowest BCUT2D eigenvalue weighted by molar-refractivity contribution is 0.100. The molecule has 22 heavy (non-hydrogen) atoms. The van der Waals surface area contributed by atoms with E-state index in [9.17, 15) is 19.8 Å². The van der Waals surface area contributed by atoms with E-state index in [2.05, 4.69) is 0 Å². The summed E-state index contributed by atoms with van der Waals surface area (Å²) in [7, 11) is 0. The smallest absolute Gasteiger partial charge is 0.163 e. The van der Waals surface area contributed by atoms with Crippen molar-refractivity contribution in [3.63, 3.8) is 0 Å². The summed E-state index contributed by atoms with van der Waals surface area (Å²) in [5.74, 6) is -0.898. The predicted octanol–water partition coefficient (Wildman–Crippen LogP) is 3.79. The Kier molecular flexibility index (Phi) is 4.04. The molecule has 0 saturated heterocycles. The molecule has 0 saturated carbocycles. The highest BCUT2D eigenvalue weighted by molar-refractivity contribution is 6.02. The molecule has 2 aromatic carbocycles. The highest BCUT2D eigenvalue weighted by Crippen LogP contribution is 2.40. The second-order valence-electron chi connectivity index (χ2n) is 5.53. The number of phenols is 2. The molecular weight excluding hydrogens is 280 g/mol. The average molecular weight is 298 g/mol. The van der Waals surface area contributed by atoms with Crippen LogP contribution in [0.4, 0.5) is 0 Å². The van der Waals surface area contributed by atoms with Crippen LogP contribution in [0.2, 0.25) is 0 Å². The van der Waals surface area contributed by atoms with Crippen molar-refractivity contribution in [2.24, 2.45) is 0 Å². The average Bonchev–Trinajstić information content (AvgIpc) is 2.42. The van der Waals surface area contributed by atoms with Crippen molar-refractivity contribution in [3.8, 4) is 22.6 Å². The Bertz CT molecular complexity index is 721. The lowest BCUT2D eigenvalue weighted by Crippen LogP contribution is -1.99. The largest absolute Gasteiger partial charge is 0.507 e. The van der Waals surface area contributed by atoms with E-state index in [-0.39, 0.29) is 34.2 Å². The fourth-order valence-corrected chi connectivity index (χ4v) is 2.50. The number of ketones is 2. The Morgan fingerprint density at radius 3 is 1.32 bits per heavy atom. The van der Waals surface area contributed by atoms with Gasteiger partial charge in [0.25, 0.3) is 0 Å². The molecule has 0 radical (unpaired) electrons. The van der Waals surface area contributed by atoms with Gasteiger partial charge >= 0.3 is 0 Å². The number of aromatic hydroxyl groups is 2. The third-order valence-electron chi connectivity index (χ3n) is 3.56. The van der Waals surface area contributed by atoms with Crippen molar-refractivity contribution in [3.05, 3.63) is 46.5 Å². The monoisotopic (exact) mass is 298 g/mol. The van der Waals surface area contributed by atoms with Crippen LogP contribution in [-0.2, 0) is 0 Å². The van der Waals surface area contributed by atoms with Gasteiger partial charge in [-0.25, -0.2) is 0 Å². The number of phenolic OH excluding ortho intramolecular Hbond substituents is 2.